The quantitative estimate of drug-likeness (QED) is 0.689. The summed E-state index contributed by atoms with van der Waals surface area (Å²) in [6.45, 7) is 2.33. The number of aryl methyl sites for hydroxylation is 1. The molecule has 0 saturated heterocycles. The largest absolute Gasteiger partial charge is 0.324 e. The maximum absolute atomic E-state index is 11.9. The van der Waals surface area contributed by atoms with Gasteiger partial charge in [0.1, 0.15) is 5.82 Å². The van der Waals surface area contributed by atoms with Gasteiger partial charge in [-0.15, -0.1) is 0 Å². The van der Waals surface area contributed by atoms with Crippen molar-refractivity contribution in [2.24, 2.45) is 0 Å². The van der Waals surface area contributed by atoms with Crippen molar-refractivity contribution in [3.63, 3.8) is 0 Å². The van der Waals surface area contributed by atoms with Gasteiger partial charge in [0, 0.05) is 23.5 Å². The molecular formula is C17H17N5O2. The number of nitrogens with zero attached hydrogens (tertiary/aromatic N) is 2. The van der Waals surface area contributed by atoms with E-state index in [9.17, 15) is 9.59 Å². The predicted molar refractivity (Wildman–Crippen MR) is 92.2 cm³/mol. The first-order chi connectivity index (χ1) is 11.6. The van der Waals surface area contributed by atoms with E-state index >= 15 is 0 Å². The van der Waals surface area contributed by atoms with Crippen molar-refractivity contribution in [3.8, 4) is 0 Å². The Morgan fingerprint density at radius 2 is 1.96 bits per heavy atom. The fourth-order valence-corrected chi connectivity index (χ4v) is 2.23. The fraction of sp³-hybridized carbons (Fsp3) is 0.118. The first-order valence-corrected chi connectivity index (χ1v) is 7.44. The first-order valence-electron chi connectivity index (χ1n) is 7.44. The summed E-state index contributed by atoms with van der Waals surface area (Å²) >= 11 is 0. The van der Waals surface area contributed by atoms with E-state index in [0.717, 1.165) is 11.1 Å². The van der Waals surface area contributed by atoms with Crippen LogP contribution in [0.2, 0.25) is 0 Å². The highest BCUT2D eigenvalue weighted by Crippen LogP contribution is 2.12. The molecule has 0 fully saturated rings. The monoisotopic (exact) mass is 323 g/mol. The van der Waals surface area contributed by atoms with Gasteiger partial charge in [-0.25, -0.2) is 4.79 Å². The van der Waals surface area contributed by atoms with Crippen LogP contribution in [-0.2, 0) is 6.54 Å². The Balaban J connectivity index is 1.62. The van der Waals surface area contributed by atoms with Crippen LogP contribution in [0.1, 0.15) is 11.1 Å². The molecule has 0 bridgehead atoms. The van der Waals surface area contributed by atoms with Gasteiger partial charge in [-0.1, -0.05) is 18.2 Å². The Morgan fingerprint density at radius 1 is 1.17 bits per heavy atom. The number of carbonyl (C=O) groups excluding carboxylic acids is 1. The molecule has 0 aliphatic carbocycles. The molecule has 0 saturated carbocycles. The van der Waals surface area contributed by atoms with Crippen LogP contribution in [0.3, 0.4) is 0 Å². The number of nitrogens with one attached hydrogen (secondary N) is 3. The Kier molecular flexibility index (Phi) is 4.42. The van der Waals surface area contributed by atoms with E-state index in [1.54, 1.807) is 35.2 Å². The topological polar surface area (TPSA) is 91.8 Å². The van der Waals surface area contributed by atoms with Gasteiger partial charge in [0.05, 0.1) is 12.7 Å². The summed E-state index contributed by atoms with van der Waals surface area (Å²) in [4.78, 5) is 23.6. The second-order valence-corrected chi connectivity index (χ2v) is 5.37. The molecule has 3 aromatic rings. The van der Waals surface area contributed by atoms with Crippen LogP contribution >= 0.6 is 0 Å². The number of rotatable bonds is 4. The number of hydrogen-bond acceptors (Lipinski definition) is 3. The van der Waals surface area contributed by atoms with E-state index in [-0.39, 0.29) is 11.6 Å². The smallest absolute Gasteiger partial charge is 0.311 e. The maximum atomic E-state index is 11.9. The lowest BCUT2D eigenvalue weighted by atomic mass is 10.2. The molecule has 24 heavy (non-hydrogen) atoms. The zero-order chi connectivity index (χ0) is 16.9. The molecule has 3 rings (SSSR count). The van der Waals surface area contributed by atoms with Gasteiger partial charge >= 0.3 is 6.03 Å². The minimum atomic E-state index is -0.352. The number of aromatic amines is 1. The lowest BCUT2D eigenvalue weighted by Gasteiger charge is -2.09. The van der Waals surface area contributed by atoms with Crippen molar-refractivity contribution in [2.45, 2.75) is 13.5 Å². The predicted octanol–water partition coefficient (Wildman–Crippen LogP) is 2.57. The highest BCUT2D eigenvalue weighted by molar-refractivity contribution is 5.99. The molecule has 3 N–H and O–H groups in total. The summed E-state index contributed by atoms with van der Waals surface area (Å²) in [7, 11) is 0. The van der Waals surface area contributed by atoms with Crippen LogP contribution in [-0.4, -0.2) is 20.8 Å². The third kappa shape index (κ3) is 3.70. The molecule has 0 aliphatic heterocycles. The molecular weight excluding hydrogens is 306 g/mol. The molecule has 7 heteroatoms. The SMILES string of the molecule is Cc1cn[nH]c1NC(=O)Nc1ccc(Cn2ccccc2=O)cc1. The van der Waals surface area contributed by atoms with E-state index in [1.807, 2.05) is 25.1 Å². The van der Waals surface area contributed by atoms with Crippen LogP contribution in [0.15, 0.2) is 59.7 Å². The molecule has 2 amide bonds. The zero-order valence-electron chi connectivity index (χ0n) is 13.1. The highest BCUT2D eigenvalue weighted by atomic mass is 16.2. The molecule has 0 radical (unpaired) electrons. The lowest BCUT2D eigenvalue weighted by Crippen LogP contribution is -2.20. The van der Waals surface area contributed by atoms with Gasteiger partial charge in [-0.05, 0) is 30.7 Å². The lowest BCUT2D eigenvalue weighted by molar-refractivity contribution is 0.262. The van der Waals surface area contributed by atoms with Crippen molar-refractivity contribution in [1.29, 1.82) is 0 Å². The first kappa shape index (κ1) is 15.5. The van der Waals surface area contributed by atoms with Gasteiger partial charge in [0.2, 0.25) is 0 Å². The number of hydrogen-bond donors (Lipinski definition) is 3. The van der Waals surface area contributed by atoms with E-state index in [2.05, 4.69) is 20.8 Å². The van der Waals surface area contributed by atoms with E-state index < -0.39 is 0 Å². The Hall–Kier alpha value is -3.35. The zero-order valence-corrected chi connectivity index (χ0v) is 13.1. The summed E-state index contributed by atoms with van der Waals surface area (Å²) in [6.07, 6.45) is 3.38. The average Bonchev–Trinajstić information content (AvgIpc) is 2.96. The van der Waals surface area contributed by atoms with Crippen molar-refractivity contribution in [3.05, 3.63) is 76.3 Å². The third-order valence-electron chi connectivity index (χ3n) is 3.53. The van der Waals surface area contributed by atoms with Crippen LogP contribution in [0.5, 0.6) is 0 Å². The average molecular weight is 323 g/mol. The van der Waals surface area contributed by atoms with Crippen molar-refractivity contribution in [2.75, 3.05) is 10.6 Å². The minimum absolute atomic E-state index is 0.0472. The van der Waals surface area contributed by atoms with Crippen molar-refractivity contribution >= 4 is 17.5 Å². The summed E-state index contributed by atoms with van der Waals surface area (Å²) in [6, 6.07) is 12.0. The second kappa shape index (κ2) is 6.82. The number of benzene rings is 1. The molecule has 0 atom stereocenters. The molecule has 0 spiro atoms. The molecule has 1 aromatic carbocycles. The standard InChI is InChI=1S/C17H17N5O2/c1-12-10-18-21-16(12)20-17(24)19-14-7-5-13(6-8-14)11-22-9-3-2-4-15(22)23/h2-10H,11H2,1H3,(H3,18,19,20,21,24). The third-order valence-corrected chi connectivity index (χ3v) is 3.53. The van der Waals surface area contributed by atoms with Crippen LogP contribution in [0.25, 0.3) is 0 Å². The van der Waals surface area contributed by atoms with Gasteiger partial charge in [0.25, 0.3) is 5.56 Å². The summed E-state index contributed by atoms with van der Waals surface area (Å²) < 4.78 is 1.62. The Labute approximate surface area is 138 Å². The van der Waals surface area contributed by atoms with Gasteiger partial charge in [-0.2, -0.15) is 5.10 Å². The van der Waals surface area contributed by atoms with Crippen LogP contribution in [0.4, 0.5) is 16.3 Å². The van der Waals surface area contributed by atoms with E-state index in [4.69, 9.17) is 0 Å². The molecule has 0 aliphatic rings. The number of pyridine rings is 1. The minimum Gasteiger partial charge on any atom is -0.311 e. The van der Waals surface area contributed by atoms with Gasteiger partial charge < -0.3 is 9.88 Å². The molecule has 0 unspecified atom stereocenters. The van der Waals surface area contributed by atoms with Crippen LogP contribution < -0.4 is 16.2 Å². The molecule has 2 heterocycles. The fourth-order valence-electron chi connectivity index (χ4n) is 2.23. The summed E-state index contributed by atoms with van der Waals surface area (Å²) in [5, 5.41) is 12.0. The number of carbonyl (C=O) groups is 1. The van der Waals surface area contributed by atoms with E-state index in [0.29, 0.717) is 18.1 Å². The van der Waals surface area contributed by atoms with Gasteiger partial charge in [-0.3, -0.25) is 15.2 Å². The number of H-pyrrole nitrogens is 1. The number of amides is 2. The number of aromatic nitrogens is 3. The maximum Gasteiger partial charge on any atom is 0.324 e. The number of anilines is 2. The molecule has 122 valence electrons. The number of urea groups is 1. The van der Waals surface area contributed by atoms with Crippen LogP contribution in [0, 0.1) is 6.92 Å². The molecule has 2 aromatic heterocycles. The van der Waals surface area contributed by atoms with Gasteiger partial charge in [0.15, 0.2) is 0 Å². The Bertz CT molecular complexity index is 896. The van der Waals surface area contributed by atoms with E-state index in [1.165, 1.54) is 6.07 Å². The summed E-state index contributed by atoms with van der Waals surface area (Å²) in [5.41, 5.74) is 2.44. The Morgan fingerprint density at radius 3 is 2.62 bits per heavy atom. The summed E-state index contributed by atoms with van der Waals surface area (Å²) in [5.74, 6) is 0.563. The normalized spacial score (nSPS) is 10.4. The molecule has 7 nitrogen and oxygen atoms in total. The highest BCUT2D eigenvalue weighted by Gasteiger charge is 2.06. The second-order valence-electron chi connectivity index (χ2n) is 5.37. The van der Waals surface area contributed by atoms with Crippen molar-refractivity contribution in [1.82, 2.24) is 14.8 Å². The van der Waals surface area contributed by atoms with Crippen molar-refractivity contribution < 1.29 is 4.79 Å².